The molecule has 0 aliphatic rings. The van der Waals surface area contributed by atoms with Crippen LogP contribution in [-0.4, -0.2) is 20.8 Å². The monoisotopic (exact) mass is 294 g/mol. The van der Waals surface area contributed by atoms with Gasteiger partial charge in [-0.1, -0.05) is 6.07 Å². The molecule has 1 atom stereocenters. The Balaban J connectivity index is 1.82. The van der Waals surface area contributed by atoms with E-state index in [-0.39, 0.29) is 0 Å². The van der Waals surface area contributed by atoms with Crippen LogP contribution in [0.15, 0.2) is 41.3 Å². The van der Waals surface area contributed by atoms with Crippen LogP contribution in [-0.2, 0) is 13.1 Å². The van der Waals surface area contributed by atoms with E-state index in [0.29, 0.717) is 6.04 Å². The lowest BCUT2D eigenvalue weighted by atomic mass is 10.3. The predicted molar refractivity (Wildman–Crippen MR) is 70.5 cm³/mol. The molecule has 2 aromatic rings. The summed E-state index contributed by atoms with van der Waals surface area (Å²) in [6, 6.07) is 8.22. The summed E-state index contributed by atoms with van der Waals surface area (Å²) >= 11 is 3.36. The fraction of sp³-hybridized carbons (Fsp3) is 0.333. The van der Waals surface area contributed by atoms with Crippen molar-refractivity contribution in [2.24, 2.45) is 0 Å². The van der Waals surface area contributed by atoms with Crippen LogP contribution in [0.2, 0.25) is 0 Å². The van der Waals surface area contributed by atoms with E-state index >= 15 is 0 Å². The van der Waals surface area contributed by atoms with E-state index in [1.54, 1.807) is 6.20 Å². The van der Waals surface area contributed by atoms with Gasteiger partial charge in [-0.3, -0.25) is 4.68 Å². The molecular formula is C12H15BrN4. The minimum atomic E-state index is 0.357. The van der Waals surface area contributed by atoms with Gasteiger partial charge in [-0.15, -0.1) is 0 Å². The average Bonchev–Trinajstić information content (AvgIpc) is 2.79. The van der Waals surface area contributed by atoms with Gasteiger partial charge in [-0.05, 0) is 41.1 Å². The van der Waals surface area contributed by atoms with Gasteiger partial charge in [-0.2, -0.15) is 5.10 Å². The van der Waals surface area contributed by atoms with Crippen LogP contribution in [0.25, 0.3) is 0 Å². The van der Waals surface area contributed by atoms with Gasteiger partial charge in [-0.25, -0.2) is 4.98 Å². The minimum Gasteiger partial charge on any atom is -0.307 e. The molecule has 2 rings (SSSR count). The maximum absolute atomic E-state index is 4.37. The first-order chi connectivity index (χ1) is 8.24. The SMILES string of the molecule is CC(Cn1cccn1)NCc1cccc(Br)n1. The predicted octanol–water partition coefficient (Wildman–Crippen LogP) is 2.22. The summed E-state index contributed by atoms with van der Waals surface area (Å²) < 4.78 is 2.79. The van der Waals surface area contributed by atoms with E-state index in [1.807, 2.05) is 35.1 Å². The lowest BCUT2D eigenvalue weighted by molar-refractivity contribution is 0.448. The van der Waals surface area contributed by atoms with Crippen LogP contribution >= 0.6 is 15.9 Å². The Morgan fingerprint density at radius 2 is 2.29 bits per heavy atom. The number of hydrogen-bond donors (Lipinski definition) is 1. The summed E-state index contributed by atoms with van der Waals surface area (Å²) in [6.07, 6.45) is 3.76. The zero-order valence-electron chi connectivity index (χ0n) is 9.68. The quantitative estimate of drug-likeness (QED) is 0.860. The van der Waals surface area contributed by atoms with E-state index in [0.717, 1.165) is 23.4 Å². The molecule has 17 heavy (non-hydrogen) atoms. The molecule has 0 aliphatic carbocycles. The summed E-state index contributed by atoms with van der Waals surface area (Å²) in [5, 5.41) is 7.60. The molecule has 0 fully saturated rings. The number of hydrogen-bond acceptors (Lipinski definition) is 3. The van der Waals surface area contributed by atoms with Crippen molar-refractivity contribution >= 4 is 15.9 Å². The first-order valence-electron chi connectivity index (χ1n) is 5.56. The highest BCUT2D eigenvalue weighted by Gasteiger charge is 2.03. The molecule has 4 nitrogen and oxygen atoms in total. The van der Waals surface area contributed by atoms with Crippen molar-refractivity contribution in [2.75, 3.05) is 0 Å². The van der Waals surface area contributed by atoms with E-state index in [4.69, 9.17) is 0 Å². The minimum absolute atomic E-state index is 0.357. The molecule has 5 heteroatoms. The molecule has 1 N–H and O–H groups in total. The first kappa shape index (κ1) is 12.3. The number of pyridine rings is 1. The zero-order chi connectivity index (χ0) is 12.1. The van der Waals surface area contributed by atoms with Crippen molar-refractivity contribution in [3.8, 4) is 0 Å². The van der Waals surface area contributed by atoms with Gasteiger partial charge < -0.3 is 5.32 Å². The molecular weight excluding hydrogens is 280 g/mol. The molecule has 0 bridgehead atoms. The molecule has 0 saturated heterocycles. The summed E-state index contributed by atoms with van der Waals surface area (Å²) in [5.74, 6) is 0. The molecule has 0 spiro atoms. The van der Waals surface area contributed by atoms with E-state index in [9.17, 15) is 0 Å². The second-order valence-electron chi connectivity index (χ2n) is 3.96. The van der Waals surface area contributed by atoms with Gasteiger partial charge in [0.25, 0.3) is 0 Å². The van der Waals surface area contributed by atoms with Crippen molar-refractivity contribution in [3.05, 3.63) is 47.0 Å². The van der Waals surface area contributed by atoms with Crippen molar-refractivity contribution in [1.82, 2.24) is 20.1 Å². The summed E-state index contributed by atoms with van der Waals surface area (Å²) in [4.78, 5) is 4.37. The third-order valence-electron chi connectivity index (χ3n) is 2.42. The molecule has 1 unspecified atom stereocenters. The highest BCUT2D eigenvalue weighted by molar-refractivity contribution is 9.10. The van der Waals surface area contributed by atoms with Crippen molar-refractivity contribution in [2.45, 2.75) is 26.1 Å². The molecule has 0 saturated carbocycles. The normalized spacial score (nSPS) is 12.6. The highest BCUT2D eigenvalue weighted by Crippen LogP contribution is 2.06. The maximum Gasteiger partial charge on any atom is 0.106 e. The lowest BCUT2D eigenvalue weighted by Crippen LogP contribution is -2.30. The zero-order valence-corrected chi connectivity index (χ0v) is 11.3. The largest absolute Gasteiger partial charge is 0.307 e. The van der Waals surface area contributed by atoms with Crippen molar-refractivity contribution in [3.63, 3.8) is 0 Å². The Labute approximate surface area is 109 Å². The van der Waals surface area contributed by atoms with E-state index < -0.39 is 0 Å². The summed E-state index contributed by atoms with van der Waals surface area (Å²) in [5.41, 5.74) is 1.03. The number of halogens is 1. The van der Waals surface area contributed by atoms with Crippen molar-refractivity contribution in [1.29, 1.82) is 0 Å². The van der Waals surface area contributed by atoms with Crippen LogP contribution in [0.5, 0.6) is 0 Å². The lowest BCUT2D eigenvalue weighted by Gasteiger charge is -2.13. The van der Waals surface area contributed by atoms with Crippen molar-refractivity contribution < 1.29 is 0 Å². The van der Waals surface area contributed by atoms with Gasteiger partial charge in [0.05, 0.1) is 12.2 Å². The maximum atomic E-state index is 4.37. The van der Waals surface area contributed by atoms with Gasteiger partial charge in [0.1, 0.15) is 4.60 Å². The Kier molecular flexibility index (Phi) is 4.28. The Morgan fingerprint density at radius 3 is 3.00 bits per heavy atom. The van der Waals surface area contributed by atoms with Crippen LogP contribution < -0.4 is 5.32 Å². The van der Waals surface area contributed by atoms with Gasteiger partial charge >= 0.3 is 0 Å². The molecule has 0 aromatic carbocycles. The second-order valence-corrected chi connectivity index (χ2v) is 4.77. The smallest absolute Gasteiger partial charge is 0.106 e. The fourth-order valence-electron chi connectivity index (χ4n) is 1.58. The van der Waals surface area contributed by atoms with Gasteiger partial charge in [0.2, 0.25) is 0 Å². The second kappa shape index (κ2) is 5.93. The fourth-order valence-corrected chi connectivity index (χ4v) is 1.96. The molecule has 2 aromatic heterocycles. The van der Waals surface area contributed by atoms with Crippen LogP contribution in [0, 0.1) is 0 Å². The van der Waals surface area contributed by atoms with Crippen LogP contribution in [0.1, 0.15) is 12.6 Å². The third-order valence-corrected chi connectivity index (χ3v) is 2.87. The molecule has 0 aliphatic heterocycles. The Hall–Kier alpha value is -1.20. The molecule has 90 valence electrons. The van der Waals surface area contributed by atoms with Gasteiger partial charge in [0, 0.05) is 25.0 Å². The molecule has 2 heterocycles. The molecule has 0 amide bonds. The van der Waals surface area contributed by atoms with E-state index in [2.05, 4.69) is 38.3 Å². The van der Waals surface area contributed by atoms with Gasteiger partial charge in [0.15, 0.2) is 0 Å². The number of nitrogens with zero attached hydrogens (tertiary/aromatic N) is 3. The van der Waals surface area contributed by atoms with E-state index in [1.165, 1.54) is 0 Å². The Morgan fingerprint density at radius 1 is 1.41 bits per heavy atom. The number of nitrogens with one attached hydrogen (secondary N) is 1. The first-order valence-corrected chi connectivity index (χ1v) is 6.35. The topological polar surface area (TPSA) is 42.7 Å². The third kappa shape index (κ3) is 3.94. The molecule has 0 radical (unpaired) electrons. The van der Waals surface area contributed by atoms with Crippen LogP contribution in [0.4, 0.5) is 0 Å². The summed E-state index contributed by atoms with van der Waals surface area (Å²) in [7, 11) is 0. The highest BCUT2D eigenvalue weighted by atomic mass is 79.9. The average molecular weight is 295 g/mol. The standard InChI is InChI=1S/C12H15BrN4/c1-10(9-17-7-3-6-15-17)14-8-11-4-2-5-12(13)16-11/h2-7,10,14H,8-9H2,1H3. The number of aromatic nitrogens is 3. The number of rotatable bonds is 5. The van der Waals surface area contributed by atoms with Crippen LogP contribution in [0.3, 0.4) is 0 Å². The Bertz CT molecular complexity index is 455. The summed E-state index contributed by atoms with van der Waals surface area (Å²) in [6.45, 7) is 3.77.